The molecule has 0 N–H and O–H groups in total. The minimum atomic E-state index is -1.32. The summed E-state index contributed by atoms with van der Waals surface area (Å²) in [4.78, 5) is 23.8. The fraction of sp³-hybridized carbons (Fsp3) is 0.846. The Morgan fingerprint density at radius 3 is 1.89 bits per heavy atom. The summed E-state index contributed by atoms with van der Waals surface area (Å²) in [6, 6.07) is 0. The van der Waals surface area contributed by atoms with Crippen molar-refractivity contribution in [3.8, 4) is 0 Å². The van der Waals surface area contributed by atoms with E-state index in [1.807, 2.05) is 0 Å². The lowest BCUT2D eigenvalue weighted by Gasteiger charge is -2.24. The van der Waals surface area contributed by atoms with Crippen molar-refractivity contribution in [1.82, 2.24) is 0 Å². The summed E-state index contributed by atoms with van der Waals surface area (Å²) in [7, 11) is 1.57. The predicted molar refractivity (Wildman–Crippen MR) is 68.7 cm³/mol. The molecular formula is C13H24O6. The molecule has 112 valence electrons. The van der Waals surface area contributed by atoms with Gasteiger partial charge >= 0.3 is 11.9 Å². The third-order valence-corrected chi connectivity index (χ3v) is 2.63. The van der Waals surface area contributed by atoms with E-state index in [2.05, 4.69) is 0 Å². The summed E-state index contributed by atoms with van der Waals surface area (Å²) in [5.74, 6) is -1.16. The van der Waals surface area contributed by atoms with Crippen LogP contribution in [-0.4, -0.2) is 52.1 Å². The van der Waals surface area contributed by atoms with Crippen LogP contribution in [0, 0.1) is 5.41 Å². The van der Waals surface area contributed by atoms with Gasteiger partial charge in [0.15, 0.2) is 5.41 Å². The average Bonchev–Trinajstić information content (AvgIpc) is 2.38. The van der Waals surface area contributed by atoms with Gasteiger partial charge in [-0.25, -0.2) is 0 Å². The predicted octanol–water partition coefficient (Wildman–Crippen LogP) is 1.17. The number of ether oxygens (including phenoxy) is 4. The second-order valence-corrected chi connectivity index (χ2v) is 4.13. The van der Waals surface area contributed by atoms with Crippen LogP contribution in [0.5, 0.6) is 0 Å². The number of esters is 2. The molecule has 0 heterocycles. The summed E-state index contributed by atoms with van der Waals surface area (Å²) >= 11 is 0. The van der Waals surface area contributed by atoms with Crippen molar-refractivity contribution >= 4 is 11.9 Å². The fourth-order valence-electron chi connectivity index (χ4n) is 1.39. The van der Waals surface area contributed by atoms with Gasteiger partial charge in [-0.1, -0.05) is 0 Å². The lowest BCUT2D eigenvalue weighted by atomic mass is 9.87. The molecule has 0 unspecified atom stereocenters. The summed E-state index contributed by atoms with van der Waals surface area (Å²) < 4.78 is 20.0. The fourth-order valence-corrected chi connectivity index (χ4v) is 1.39. The van der Waals surface area contributed by atoms with E-state index in [0.717, 1.165) is 0 Å². The molecule has 0 radical (unpaired) electrons. The number of hydrogen-bond donors (Lipinski definition) is 0. The highest BCUT2D eigenvalue weighted by Crippen LogP contribution is 2.25. The van der Waals surface area contributed by atoms with Crippen molar-refractivity contribution in [1.29, 1.82) is 0 Å². The Balaban J connectivity index is 4.49. The molecule has 0 rings (SSSR count). The van der Waals surface area contributed by atoms with E-state index in [4.69, 9.17) is 18.9 Å². The molecule has 0 aliphatic carbocycles. The second kappa shape index (κ2) is 9.75. The van der Waals surface area contributed by atoms with Gasteiger partial charge in [-0.15, -0.1) is 0 Å². The quantitative estimate of drug-likeness (QED) is 0.339. The molecule has 0 aromatic carbocycles. The molecule has 19 heavy (non-hydrogen) atoms. The highest BCUT2D eigenvalue weighted by atomic mass is 16.6. The molecule has 0 aromatic rings. The molecule has 0 spiro atoms. The van der Waals surface area contributed by atoms with E-state index in [1.165, 1.54) is 6.92 Å². The Kier molecular flexibility index (Phi) is 9.16. The smallest absolute Gasteiger partial charge is 0.323 e. The van der Waals surface area contributed by atoms with Crippen LogP contribution in [0.2, 0.25) is 0 Å². The Morgan fingerprint density at radius 1 is 0.947 bits per heavy atom. The lowest BCUT2D eigenvalue weighted by Crippen LogP contribution is -2.40. The van der Waals surface area contributed by atoms with Crippen LogP contribution >= 0.6 is 0 Å². The number of methoxy groups -OCH3 is 1. The van der Waals surface area contributed by atoms with Gasteiger partial charge in [-0.3, -0.25) is 9.59 Å². The van der Waals surface area contributed by atoms with Gasteiger partial charge in [0.25, 0.3) is 0 Å². The van der Waals surface area contributed by atoms with Gasteiger partial charge in [0.05, 0.1) is 26.4 Å². The van der Waals surface area contributed by atoms with Crippen molar-refractivity contribution in [3.05, 3.63) is 0 Å². The van der Waals surface area contributed by atoms with E-state index in [-0.39, 0.29) is 26.2 Å². The maximum absolute atomic E-state index is 11.9. The monoisotopic (exact) mass is 276 g/mol. The molecule has 0 amide bonds. The summed E-state index contributed by atoms with van der Waals surface area (Å²) in [5, 5.41) is 0. The molecule has 6 heteroatoms. The third-order valence-electron chi connectivity index (χ3n) is 2.63. The zero-order valence-electron chi connectivity index (χ0n) is 12.2. The molecule has 0 saturated carbocycles. The summed E-state index contributed by atoms with van der Waals surface area (Å²) in [5.41, 5.74) is -1.32. The minimum Gasteiger partial charge on any atom is -0.465 e. The normalized spacial score (nSPS) is 11.2. The Bertz CT molecular complexity index is 258. The largest absolute Gasteiger partial charge is 0.465 e. The van der Waals surface area contributed by atoms with Crippen LogP contribution in [-0.2, 0) is 28.5 Å². The van der Waals surface area contributed by atoms with Crippen molar-refractivity contribution < 1.29 is 28.5 Å². The topological polar surface area (TPSA) is 71.1 Å². The Morgan fingerprint density at radius 2 is 1.47 bits per heavy atom. The summed E-state index contributed by atoms with van der Waals surface area (Å²) in [6.07, 6.45) is 0.217. The molecule has 0 fully saturated rings. The number of rotatable bonds is 10. The maximum Gasteiger partial charge on any atom is 0.323 e. The van der Waals surface area contributed by atoms with Crippen molar-refractivity contribution in [2.75, 3.05) is 40.1 Å². The number of hydrogen-bond acceptors (Lipinski definition) is 6. The van der Waals surface area contributed by atoms with Crippen molar-refractivity contribution in [2.45, 2.75) is 27.2 Å². The lowest BCUT2D eigenvalue weighted by molar-refractivity contribution is -0.172. The van der Waals surface area contributed by atoms with Crippen LogP contribution < -0.4 is 0 Å². The number of carbonyl (C=O) groups excluding carboxylic acids is 2. The van der Waals surface area contributed by atoms with Gasteiger partial charge in [0, 0.05) is 13.7 Å². The van der Waals surface area contributed by atoms with Crippen molar-refractivity contribution in [3.63, 3.8) is 0 Å². The minimum absolute atomic E-state index is 0.217. The van der Waals surface area contributed by atoms with E-state index in [9.17, 15) is 9.59 Å². The molecule has 0 bridgehead atoms. The molecule has 6 nitrogen and oxygen atoms in total. The Hall–Kier alpha value is -1.14. The standard InChI is InChI=1S/C13H24O6/c1-5-18-11(14)13(3,12(15)19-6-2)7-8-17-10-9-16-4/h5-10H2,1-4H3. The molecular weight excluding hydrogens is 252 g/mol. The van der Waals surface area contributed by atoms with Gasteiger partial charge in [-0.05, 0) is 27.2 Å². The van der Waals surface area contributed by atoms with E-state index >= 15 is 0 Å². The number of carbonyl (C=O) groups is 2. The maximum atomic E-state index is 11.9. The molecule has 0 saturated heterocycles. The Labute approximate surface area is 114 Å². The van der Waals surface area contributed by atoms with Gasteiger partial charge in [0.1, 0.15) is 0 Å². The van der Waals surface area contributed by atoms with E-state index in [0.29, 0.717) is 13.2 Å². The van der Waals surface area contributed by atoms with Crippen LogP contribution in [0.4, 0.5) is 0 Å². The SMILES string of the molecule is CCOC(=O)C(C)(CCOCCOC)C(=O)OCC. The third kappa shape index (κ3) is 6.02. The van der Waals surface area contributed by atoms with Gasteiger partial charge < -0.3 is 18.9 Å². The van der Waals surface area contributed by atoms with Crippen LogP contribution in [0.1, 0.15) is 27.2 Å². The molecule has 0 aliphatic heterocycles. The molecule has 0 atom stereocenters. The van der Waals surface area contributed by atoms with E-state index < -0.39 is 17.4 Å². The zero-order valence-corrected chi connectivity index (χ0v) is 12.2. The first-order valence-electron chi connectivity index (χ1n) is 6.44. The second-order valence-electron chi connectivity index (χ2n) is 4.13. The first-order valence-corrected chi connectivity index (χ1v) is 6.44. The first-order chi connectivity index (χ1) is 9.02. The van der Waals surface area contributed by atoms with Crippen LogP contribution in [0.25, 0.3) is 0 Å². The van der Waals surface area contributed by atoms with Crippen LogP contribution in [0.3, 0.4) is 0 Å². The zero-order chi connectivity index (χ0) is 14.7. The molecule has 0 aromatic heterocycles. The van der Waals surface area contributed by atoms with Gasteiger partial charge in [-0.2, -0.15) is 0 Å². The van der Waals surface area contributed by atoms with E-state index in [1.54, 1.807) is 21.0 Å². The molecule has 0 aliphatic rings. The van der Waals surface area contributed by atoms with Gasteiger partial charge in [0.2, 0.25) is 0 Å². The van der Waals surface area contributed by atoms with Crippen LogP contribution in [0.15, 0.2) is 0 Å². The highest BCUT2D eigenvalue weighted by molar-refractivity contribution is 5.99. The summed E-state index contributed by atoms with van der Waals surface area (Å²) in [6.45, 7) is 6.49. The average molecular weight is 276 g/mol. The van der Waals surface area contributed by atoms with Crippen molar-refractivity contribution in [2.24, 2.45) is 5.41 Å². The highest BCUT2D eigenvalue weighted by Gasteiger charge is 2.43. The first kappa shape index (κ1) is 17.9.